The zero-order valence-electron chi connectivity index (χ0n) is 12.6. The van der Waals surface area contributed by atoms with Crippen LogP contribution in [-0.2, 0) is 0 Å². The Morgan fingerprint density at radius 3 is 2.23 bits per heavy atom. The third-order valence-electron chi connectivity index (χ3n) is 3.48. The van der Waals surface area contributed by atoms with E-state index in [2.05, 4.69) is 9.97 Å². The third kappa shape index (κ3) is 2.18. The quantitative estimate of drug-likeness (QED) is 0.724. The Kier molecular flexibility index (Phi) is 3.50. The molecule has 3 rings (SSSR count). The number of H-pyrrole nitrogens is 1. The van der Waals surface area contributed by atoms with Crippen molar-refractivity contribution in [3.8, 4) is 28.6 Å². The van der Waals surface area contributed by atoms with Crippen LogP contribution < -0.4 is 19.9 Å². The maximum Gasteiger partial charge on any atom is 0.203 e. The summed E-state index contributed by atoms with van der Waals surface area (Å²) in [5.41, 5.74) is 9.03. The summed E-state index contributed by atoms with van der Waals surface area (Å²) in [7, 11) is 4.73. The molecule has 0 fully saturated rings. The Balaban J connectivity index is 2.19. The van der Waals surface area contributed by atoms with Crippen LogP contribution in [0.25, 0.3) is 22.4 Å². The third-order valence-corrected chi connectivity index (χ3v) is 3.48. The lowest BCUT2D eigenvalue weighted by Gasteiger charge is -2.13. The van der Waals surface area contributed by atoms with E-state index in [4.69, 9.17) is 19.9 Å². The number of nitrogens with zero attached hydrogens (tertiary/aromatic N) is 1. The molecule has 0 saturated carbocycles. The van der Waals surface area contributed by atoms with Gasteiger partial charge in [0, 0.05) is 5.56 Å². The molecule has 6 nitrogen and oxygen atoms in total. The smallest absolute Gasteiger partial charge is 0.203 e. The standard InChI is InChI=1S/C16H17N3O3/c1-20-12-7-9(8-13(21-2)15(12)22-3)16-18-11-6-4-5-10(17)14(11)19-16/h4-8H,17H2,1-3H3,(H,18,19). The first-order valence-electron chi connectivity index (χ1n) is 6.72. The fraction of sp³-hybridized carbons (Fsp3) is 0.188. The van der Waals surface area contributed by atoms with Crippen molar-refractivity contribution in [1.29, 1.82) is 0 Å². The van der Waals surface area contributed by atoms with Crippen LogP contribution in [0, 0.1) is 0 Å². The average molecular weight is 299 g/mol. The summed E-state index contributed by atoms with van der Waals surface area (Å²) in [4.78, 5) is 7.81. The van der Waals surface area contributed by atoms with E-state index in [0.29, 0.717) is 28.8 Å². The van der Waals surface area contributed by atoms with Gasteiger partial charge in [0.15, 0.2) is 11.5 Å². The van der Waals surface area contributed by atoms with Crippen molar-refractivity contribution in [2.24, 2.45) is 0 Å². The van der Waals surface area contributed by atoms with Gasteiger partial charge in [-0.15, -0.1) is 0 Å². The molecule has 0 bridgehead atoms. The highest BCUT2D eigenvalue weighted by Gasteiger charge is 2.16. The number of aromatic nitrogens is 2. The minimum absolute atomic E-state index is 0.546. The van der Waals surface area contributed by atoms with Crippen molar-refractivity contribution in [3.05, 3.63) is 30.3 Å². The van der Waals surface area contributed by atoms with Crippen LogP contribution >= 0.6 is 0 Å². The molecule has 0 amide bonds. The predicted octanol–water partition coefficient (Wildman–Crippen LogP) is 2.84. The molecule has 2 aromatic carbocycles. The highest BCUT2D eigenvalue weighted by molar-refractivity contribution is 5.89. The van der Waals surface area contributed by atoms with Gasteiger partial charge in [0.25, 0.3) is 0 Å². The van der Waals surface area contributed by atoms with Gasteiger partial charge in [-0.05, 0) is 24.3 Å². The SMILES string of the molecule is COc1cc(-c2nc3c(N)cccc3[nH]2)cc(OC)c1OC. The molecule has 0 aliphatic rings. The van der Waals surface area contributed by atoms with E-state index in [0.717, 1.165) is 16.6 Å². The summed E-state index contributed by atoms with van der Waals surface area (Å²) in [5, 5.41) is 0. The lowest BCUT2D eigenvalue weighted by atomic mass is 10.1. The minimum atomic E-state index is 0.546. The van der Waals surface area contributed by atoms with Crippen molar-refractivity contribution in [2.45, 2.75) is 0 Å². The molecule has 6 heteroatoms. The molecule has 0 aliphatic heterocycles. The lowest BCUT2D eigenvalue weighted by Crippen LogP contribution is -1.96. The first-order valence-corrected chi connectivity index (χ1v) is 6.72. The molecule has 0 saturated heterocycles. The van der Waals surface area contributed by atoms with Crippen LogP contribution in [0.15, 0.2) is 30.3 Å². The zero-order valence-corrected chi connectivity index (χ0v) is 12.6. The Hall–Kier alpha value is -2.89. The Bertz CT molecular complexity index is 802. The number of ether oxygens (including phenoxy) is 3. The van der Waals surface area contributed by atoms with E-state index >= 15 is 0 Å². The average Bonchev–Trinajstić information content (AvgIpc) is 2.99. The number of nitrogens with one attached hydrogen (secondary N) is 1. The molecule has 114 valence electrons. The molecule has 0 aliphatic carbocycles. The van der Waals surface area contributed by atoms with E-state index < -0.39 is 0 Å². The summed E-state index contributed by atoms with van der Waals surface area (Å²) in [6.45, 7) is 0. The second-order valence-corrected chi connectivity index (χ2v) is 4.74. The van der Waals surface area contributed by atoms with Crippen LogP contribution in [0.2, 0.25) is 0 Å². The number of rotatable bonds is 4. The topological polar surface area (TPSA) is 82.4 Å². The van der Waals surface area contributed by atoms with Gasteiger partial charge in [0.1, 0.15) is 11.3 Å². The number of hydrogen-bond donors (Lipinski definition) is 2. The van der Waals surface area contributed by atoms with Crippen LogP contribution in [0.4, 0.5) is 5.69 Å². The number of methoxy groups -OCH3 is 3. The van der Waals surface area contributed by atoms with Crippen LogP contribution in [-0.4, -0.2) is 31.3 Å². The summed E-state index contributed by atoms with van der Waals surface area (Å²) in [5.74, 6) is 2.38. The molecule has 1 heterocycles. The molecule has 22 heavy (non-hydrogen) atoms. The van der Waals surface area contributed by atoms with E-state index in [9.17, 15) is 0 Å². The molecular weight excluding hydrogens is 282 g/mol. The van der Waals surface area contributed by atoms with Crippen molar-refractivity contribution < 1.29 is 14.2 Å². The van der Waals surface area contributed by atoms with Gasteiger partial charge >= 0.3 is 0 Å². The van der Waals surface area contributed by atoms with E-state index in [1.807, 2.05) is 30.3 Å². The zero-order chi connectivity index (χ0) is 15.7. The summed E-state index contributed by atoms with van der Waals surface area (Å²) in [6, 6.07) is 9.32. The summed E-state index contributed by atoms with van der Waals surface area (Å²) in [6.07, 6.45) is 0. The van der Waals surface area contributed by atoms with Gasteiger partial charge in [-0.1, -0.05) is 6.07 Å². The molecule has 3 N–H and O–H groups in total. The number of fused-ring (bicyclic) bond motifs is 1. The van der Waals surface area contributed by atoms with E-state index in [-0.39, 0.29) is 0 Å². The summed E-state index contributed by atoms with van der Waals surface area (Å²) < 4.78 is 16.1. The Morgan fingerprint density at radius 2 is 1.68 bits per heavy atom. The number of nitrogen functional groups attached to an aromatic ring is 1. The highest BCUT2D eigenvalue weighted by atomic mass is 16.5. The normalized spacial score (nSPS) is 10.7. The second-order valence-electron chi connectivity index (χ2n) is 4.74. The van der Waals surface area contributed by atoms with Crippen molar-refractivity contribution >= 4 is 16.7 Å². The number of nitrogens with two attached hydrogens (primary N) is 1. The summed E-state index contributed by atoms with van der Waals surface area (Å²) >= 11 is 0. The van der Waals surface area contributed by atoms with Gasteiger partial charge in [0.2, 0.25) is 5.75 Å². The number of benzene rings is 2. The second kappa shape index (κ2) is 5.48. The van der Waals surface area contributed by atoms with Crippen LogP contribution in [0.5, 0.6) is 17.2 Å². The fourth-order valence-electron chi connectivity index (χ4n) is 2.41. The number of anilines is 1. The van der Waals surface area contributed by atoms with Gasteiger partial charge in [-0.3, -0.25) is 0 Å². The molecule has 0 radical (unpaired) electrons. The maximum absolute atomic E-state index is 5.95. The van der Waals surface area contributed by atoms with E-state index in [1.165, 1.54) is 0 Å². The lowest BCUT2D eigenvalue weighted by molar-refractivity contribution is 0.324. The van der Waals surface area contributed by atoms with Crippen LogP contribution in [0.1, 0.15) is 0 Å². The number of aromatic amines is 1. The first-order chi connectivity index (χ1) is 10.7. The van der Waals surface area contributed by atoms with Crippen LogP contribution in [0.3, 0.4) is 0 Å². The molecule has 3 aromatic rings. The van der Waals surface area contributed by atoms with Gasteiger partial charge in [0.05, 0.1) is 32.5 Å². The molecular formula is C16H17N3O3. The maximum atomic E-state index is 5.95. The molecule has 0 atom stereocenters. The number of imidazole rings is 1. The fourth-order valence-corrected chi connectivity index (χ4v) is 2.41. The molecule has 1 aromatic heterocycles. The number of hydrogen-bond acceptors (Lipinski definition) is 5. The first kappa shape index (κ1) is 14.1. The molecule has 0 spiro atoms. The Morgan fingerprint density at radius 1 is 1.00 bits per heavy atom. The molecule has 0 unspecified atom stereocenters. The van der Waals surface area contributed by atoms with Crippen molar-refractivity contribution in [3.63, 3.8) is 0 Å². The van der Waals surface area contributed by atoms with Gasteiger partial charge in [-0.25, -0.2) is 4.98 Å². The monoisotopic (exact) mass is 299 g/mol. The van der Waals surface area contributed by atoms with Crippen molar-refractivity contribution in [1.82, 2.24) is 9.97 Å². The highest BCUT2D eigenvalue weighted by Crippen LogP contribution is 2.41. The van der Waals surface area contributed by atoms with Gasteiger partial charge in [-0.2, -0.15) is 0 Å². The van der Waals surface area contributed by atoms with Crippen molar-refractivity contribution in [2.75, 3.05) is 27.1 Å². The number of para-hydroxylation sites is 1. The predicted molar refractivity (Wildman–Crippen MR) is 85.6 cm³/mol. The minimum Gasteiger partial charge on any atom is -0.493 e. The largest absolute Gasteiger partial charge is 0.493 e. The van der Waals surface area contributed by atoms with Gasteiger partial charge < -0.3 is 24.9 Å². The van der Waals surface area contributed by atoms with E-state index in [1.54, 1.807) is 21.3 Å². The Labute approximate surface area is 127 Å².